The van der Waals surface area contributed by atoms with E-state index in [1.807, 2.05) is 0 Å². The SMILES string of the molecule is CC(=O)[O-].CC(=O)[O-].CC(=O)[O-].CC(=O)[O-].O.O. The molecule has 112 valence electrons. The van der Waals surface area contributed by atoms with Gasteiger partial charge >= 0.3 is 0 Å². The predicted molar refractivity (Wildman–Crippen MR) is 50.0 cm³/mol. The minimum atomic E-state index is -1.08. The van der Waals surface area contributed by atoms with Crippen LogP contribution in [0.5, 0.6) is 0 Å². The van der Waals surface area contributed by atoms with E-state index in [4.69, 9.17) is 39.6 Å². The van der Waals surface area contributed by atoms with E-state index in [1.54, 1.807) is 0 Å². The molecule has 0 saturated heterocycles. The van der Waals surface area contributed by atoms with Crippen LogP contribution in [0.2, 0.25) is 0 Å². The molecule has 4 N–H and O–H groups in total. The molecule has 0 radical (unpaired) electrons. The van der Waals surface area contributed by atoms with Crippen LogP contribution in [-0.4, -0.2) is 34.8 Å². The number of aliphatic carboxylic acids is 4. The zero-order chi connectivity index (χ0) is 14.3. The van der Waals surface area contributed by atoms with Crippen LogP contribution in [0.1, 0.15) is 27.7 Å². The number of carbonyl (C=O) groups excluding carboxylic acids is 4. The lowest BCUT2D eigenvalue weighted by Crippen LogP contribution is -2.16. The lowest BCUT2D eigenvalue weighted by atomic mass is 10.9. The van der Waals surface area contributed by atoms with Crippen molar-refractivity contribution in [3.05, 3.63) is 0 Å². The summed E-state index contributed by atoms with van der Waals surface area (Å²) >= 11 is 0. The highest BCUT2D eigenvalue weighted by Gasteiger charge is 1.47. The first kappa shape index (κ1) is 36.0. The van der Waals surface area contributed by atoms with Gasteiger partial charge in [0.25, 0.3) is 0 Å². The van der Waals surface area contributed by atoms with Gasteiger partial charge in [-0.1, -0.05) is 0 Å². The molecule has 18 heavy (non-hydrogen) atoms. The maximum absolute atomic E-state index is 8.89. The van der Waals surface area contributed by atoms with Gasteiger partial charge in [-0.25, -0.2) is 0 Å². The fourth-order valence-corrected chi connectivity index (χ4v) is 0. The van der Waals surface area contributed by atoms with Crippen LogP contribution in [0.15, 0.2) is 0 Å². The number of hydrogen-bond acceptors (Lipinski definition) is 8. The molecule has 0 aliphatic rings. The van der Waals surface area contributed by atoms with Crippen LogP contribution >= 0.6 is 0 Å². The second kappa shape index (κ2) is 29.3. The summed E-state index contributed by atoms with van der Waals surface area (Å²) in [7, 11) is 0. The molecule has 0 unspecified atom stereocenters. The maximum Gasteiger partial charge on any atom is 0.0383 e. The minimum Gasteiger partial charge on any atom is -0.550 e. The molecular formula is C8H16O10-4. The van der Waals surface area contributed by atoms with Crippen molar-refractivity contribution in [2.45, 2.75) is 27.7 Å². The summed E-state index contributed by atoms with van der Waals surface area (Å²) in [6.45, 7) is 3.89. The molecule has 0 atom stereocenters. The standard InChI is InChI=1S/4C2H4O2.2H2O/c4*1-2(3)4;;/h4*1H3,(H,3,4);2*1H2/p-4. The van der Waals surface area contributed by atoms with E-state index in [0.29, 0.717) is 0 Å². The Hall–Kier alpha value is -2.20. The quantitative estimate of drug-likeness (QED) is 0.410. The van der Waals surface area contributed by atoms with Crippen molar-refractivity contribution in [3.63, 3.8) is 0 Å². The molecule has 0 saturated carbocycles. The molecule has 0 aliphatic heterocycles. The van der Waals surface area contributed by atoms with E-state index in [0.717, 1.165) is 27.7 Å². The Morgan fingerprint density at radius 2 is 0.500 bits per heavy atom. The largest absolute Gasteiger partial charge is 0.550 e. The number of carboxylic acid groups (broad SMARTS) is 4. The van der Waals surface area contributed by atoms with Crippen LogP contribution in [0.25, 0.3) is 0 Å². The monoisotopic (exact) mass is 272 g/mol. The molecule has 0 amide bonds. The van der Waals surface area contributed by atoms with Crippen molar-refractivity contribution < 1.29 is 50.6 Å². The zero-order valence-electron chi connectivity index (χ0n) is 10.3. The Labute approximate surface area is 103 Å². The third-order valence-corrected chi connectivity index (χ3v) is 0. The van der Waals surface area contributed by atoms with Gasteiger partial charge in [0.05, 0.1) is 0 Å². The molecule has 0 aromatic carbocycles. The molecular weight excluding hydrogens is 256 g/mol. The molecule has 10 heteroatoms. The Bertz CT molecular complexity index is 158. The number of hydrogen-bond donors (Lipinski definition) is 0. The highest BCUT2D eigenvalue weighted by Crippen LogP contribution is 1.32. The van der Waals surface area contributed by atoms with Crippen LogP contribution in [0.3, 0.4) is 0 Å². The van der Waals surface area contributed by atoms with E-state index in [-0.39, 0.29) is 11.0 Å². The maximum atomic E-state index is 8.89. The molecule has 0 spiro atoms. The summed E-state index contributed by atoms with van der Waals surface area (Å²) < 4.78 is 0. The van der Waals surface area contributed by atoms with Crippen LogP contribution in [-0.2, 0) is 19.2 Å². The number of carboxylic acids is 4. The molecule has 0 fully saturated rings. The molecule has 0 rings (SSSR count). The molecule has 0 aromatic heterocycles. The van der Waals surface area contributed by atoms with Gasteiger partial charge < -0.3 is 50.6 Å². The summed E-state index contributed by atoms with van der Waals surface area (Å²) in [5.41, 5.74) is 0. The highest BCUT2D eigenvalue weighted by molar-refractivity contribution is 5.61. The Balaban J connectivity index is -0.0000000257. The van der Waals surface area contributed by atoms with E-state index in [1.165, 1.54) is 0 Å². The van der Waals surface area contributed by atoms with E-state index in [2.05, 4.69) is 0 Å². The fraction of sp³-hybridized carbons (Fsp3) is 0.500. The lowest BCUT2D eigenvalue weighted by Gasteiger charge is -1.77. The van der Waals surface area contributed by atoms with Crippen molar-refractivity contribution in [1.29, 1.82) is 0 Å². The average Bonchev–Trinajstić information content (AvgIpc) is 1.76. The first-order valence-electron chi connectivity index (χ1n) is 3.63. The van der Waals surface area contributed by atoms with Crippen LogP contribution < -0.4 is 20.4 Å². The molecule has 10 nitrogen and oxygen atoms in total. The highest BCUT2D eigenvalue weighted by atomic mass is 16.4. The second-order valence-corrected chi connectivity index (χ2v) is 1.97. The lowest BCUT2D eigenvalue weighted by molar-refractivity contribution is -0.303. The van der Waals surface area contributed by atoms with Gasteiger partial charge in [-0.05, 0) is 27.7 Å². The van der Waals surface area contributed by atoms with Gasteiger partial charge in [-0.15, -0.1) is 0 Å². The van der Waals surface area contributed by atoms with Crippen LogP contribution in [0.4, 0.5) is 0 Å². The predicted octanol–water partition coefficient (Wildman–Crippen LogP) is -6.62. The average molecular weight is 272 g/mol. The van der Waals surface area contributed by atoms with Crippen molar-refractivity contribution in [3.8, 4) is 0 Å². The van der Waals surface area contributed by atoms with Gasteiger partial charge in [0, 0.05) is 23.9 Å². The summed E-state index contributed by atoms with van der Waals surface area (Å²) in [4.78, 5) is 35.6. The Kier molecular flexibility index (Phi) is 58.8. The molecule has 0 heterocycles. The van der Waals surface area contributed by atoms with Gasteiger partial charge in [0.2, 0.25) is 0 Å². The first-order chi connectivity index (χ1) is 6.93. The summed E-state index contributed by atoms with van der Waals surface area (Å²) in [6, 6.07) is 0. The zero-order valence-corrected chi connectivity index (χ0v) is 10.3. The minimum absolute atomic E-state index is 0. The Morgan fingerprint density at radius 3 is 0.500 bits per heavy atom. The smallest absolute Gasteiger partial charge is 0.0383 e. The third-order valence-electron chi connectivity index (χ3n) is 0. The number of carbonyl (C=O) groups is 4. The molecule has 0 aromatic rings. The topological polar surface area (TPSA) is 224 Å². The fourth-order valence-electron chi connectivity index (χ4n) is 0. The number of rotatable bonds is 0. The summed E-state index contributed by atoms with van der Waals surface area (Å²) in [5.74, 6) is -4.33. The van der Waals surface area contributed by atoms with E-state index >= 15 is 0 Å². The van der Waals surface area contributed by atoms with Gasteiger partial charge in [0.15, 0.2) is 0 Å². The second-order valence-electron chi connectivity index (χ2n) is 1.97. The van der Waals surface area contributed by atoms with Gasteiger partial charge in [-0.2, -0.15) is 0 Å². The van der Waals surface area contributed by atoms with E-state index < -0.39 is 23.9 Å². The Morgan fingerprint density at radius 1 is 0.500 bits per heavy atom. The first-order valence-corrected chi connectivity index (χ1v) is 3.63. The van der Waals surface area contributed by atoms with Crippen molar-refractivity contribution in [1.82, 2.24) is 0 Å². The third kappa shape index (κ3) is 467. The van der Waals surface area contributed by atoms with Gasteiger partial charge in [-0.3, -0.25) is 0 Å². The summed E-state index contributed by atoms with van der Waals surface area (Å²) in [6.07, 6.45) is 0. The van der Waals surface area contributed by atoms with Crippen molar-refractivity contribution >= 4 is 23.9 Å². The molecule has 0 bridgehead atoms. The summed E-state index contributed by atoms with van der Waals surface area (Å²) in [5, 5.41) is 35.6. The van der Waals surface area contributed by atoms with E-state index in [9.17, 15) is 0 Å². The van der Waals surface area contributed by atoms with Gasteiger partial charge in [0.1, 0.15) is 0 Å². The normalized spacial score (nSPS) is 5.56. The van der Waals surface area contributed by atoms with Crippen LogP contribution in [0, 0.1) is 0 Å². The van der Waals surface area contributed by atoms with Crippen molar-refractivity contribution in [2.75, 3.05) is 0 Å². The van der Waals surface area contributed by atoms with Crippen molar-refractivity contribution in [2.24, 2.45) is 0 Å². The molecule has 0 aliphatic carbocycles.